The van der Waals surface area contributed by atoms with Crippen LogP contribution >= 0.6 is 0 Å². The molecule has 0 N–H and O–H groups in total. The molecule has 0 amide bonds. The van der Waals surface area contributed by atoms with Gasteiger partial charge < -0.3 is 9.13 Å². The molecule has 18 aromatic rings. The zero-order chi connectivity index (χ0) is 60.3. The molecule has 0 fully saturated rings. The lowest BCUT2D eigenvalue weighted by molar-refractivity contribution is 0.660. The number of fused-ring (bicyclic) bond motifs is 15. The Morgan fingerprint density at radius 1 is 0.275 bits per heavy atom. The summed E-state index contributed by atoms with van der Waals surface area (Å²) in [5, 5.41) is 9.15. The van der Waals surface area contributed by atoms with Gasteiger partial charge in [-0.1, -0.05) is 226 Å². The molecule has 8 heteroatoms. The van der Waals surface area contributed by atoms with E-state index in [1.54, 1.807) is 0 Å². The van der Waals surface area contributed by atoms with Crippen LogP contribution in [0.25, 0.3) is 155 Å². The molecule has 6 aromatic heterocycles. The second-order valence-corrected chi connectivity index (χ2v) is 24.2. The van der Waals surface area contributed by atoms with Crippen LogP contribution in [0, 0.1) is 0 Å². The van der Waals surface area contributed by atoms with Crippen LogP contribution in [0.3, 0.4) is 0 Å². The number of hydrogen-bond acceptors (Lipinski definition) is 4. The topological polar surface area (TPSA) is 71.3 Å². The minimum absolute atomic E-state index is 0.0993. The molecule has 1 aliphatic rings. The van der Waals surface area contributed by atoms with Gasteiger partial charge in [-0.15, -0.1) is 0 Å². The monoisotopic (exact) mass is 1160 g/mol. The van der Waals surface area contributed by atoms with E-state index in [1.807, 2.05) is 12.1 Å². The van der Waals surface area contributed by atoms with Crippen LogP contribution in [-0.2, 0) is 5.41 Å². The molecule has 0 aliphatic heterocycles. The molecule has 0 spiro atoms. The first kappa shape index (κ1) is 52.2. The molecule has 0 atom stereocenters. The highest BCUT2D eigenvalue weighted by Gasteiger charge is 2.36. The average molecular weight is 1170 g/mol. The molecule has 0 radical (unpaired) electrons. The number of nitrogens with zero attached hydrogens (tertiary/aromatic N) is 8. The molecular weight excluding hydrogens is 1110 g/mol. The van der Waals surface area contributed by atoms with Crippen molar-refractivity contribution >= 4 is 87.2 Å². The van der Waals surface area contributed by atoms with E-state index >= 15 is 0 Å². The number of benzene rings is 12. The molecule has 19 rings (SSSR count). The second kappa shape index (κ2) is 20.6. The van der Waals surface area contributed by atoms with Crippen molar-refractivity contribution in [1.82, 2.24) is 38.2 Å². The summed E-state index contributed by atoms with van der Waals surface area (Å²) in [5.74, 6) is 1.34. The van der Waals surface area contributed by atoms with E-state index in [1.165, 1.54) is 54.9 Å². The SMILES string of the molecule is CC1(C)c2ccccc2-c2ccc(-c3nc(-n4c5ccccc5c5ccc6c(ccn6-c6ccccc6)c54)nc4ccccc34)cc21.c1ccc(-c2ccc(-c3nc(-n4c5ccccc5c5ccc6c(ccn6-c6ccccc6)c54)nc4ccccc34)cc2)cc1. The molecule has 1 aliphatic carbocycles. The maximum absolute atomic E-state index is 5.45. The van der Waals surface area contributed by atoms with E-state index in [-0.39, 0.29) is 5.41 Å². The first-order valence-corrected chi connectivity index (χ1v) is 31.0. The van der Waals surface area contributed by atoms with Crippen molar-refractivity contribution in [2.45, 2.75) is 19.3 Å². The Hall–Kier alpha value is -12.0. The van der Waals surface area contributed by atoms with Crippen molar-refractivity contribution < 1.29 is 0 Å². The number of hydrogen-bond donors (Lipinski definition) is 0. The fourth-order valence-electron chi connectivity index (χ4n) is 14.5. The second-order valence-electron chi connectivity index (χ2n) is 24.2. The van der Waals surface area contributed by atoms with Crippen molar-refractivity contribution in [3.05, 3.63) is 315 Å². The summed E-state index contributed by atoms with van der Waals surface area (Å²) in [6.45, 7) is 4.66. The van der Waals surface area contributed by atoms with Crippen LogP contribution in [0.1, 0.15) is 25.0 Å². The van der Waals surface area contributed by atoms with Crippen LogP contribution in [0.2, 0.25) is 0 Å². The maximum Gasteiger partial charge on any atom is 0.235 e. The fourth-order valence-corrected chi connectivity index (χ4v) is 14.5. The molecule has 428 valence electrons. The summed E-state index contributed by atoms with van der Waals surface area (Å²) in [6.07, 6.45) is 4.32. The number of aromatic nitrogens is 8. The summed E-state index contributed by atoms with van der Waals surface area (Å²) in [4.78, 5) is 21.2. The largest absolute Gasteiger partial charge is 0.316 e. The van der Waals surface area contributed by atoms with E-state index in [9.17, 15) is 0 Å². The Bertz CT molecular complexity index is 5910. The van der Waals surface area contributed by atoms with Gasteiger partial charge in [-0.05, 0) is 112 Å². The predicted octanol–water partition coefficient (Wildman–Crippen LogP) is 20.6. The third kappa shape index (κ3) is 8.23. The van der Waals surface area contributed by atoms with Crippen LogP contribution in [-0.4, -0.2) is 38.2 Å². The van der Waals surface area contributed by atoms with Gasteiger partial charge in [0.1, 0.15) is 0 Å². The summed E-state index contributed by atoms with van der Waals surface area (Å²) >= 11 is 0. The first-order valence-electron chi connectivity index (χ1n) is 31.0. The van der Waals surface area contributed by atoms with Gasteiger partial charge in [0.05, 0.1) is 55.5 Å². The lowest BCUT2D eigenvalue weighted by Crippen LogP contribution is -2.15. The Balaban J connectivity index is 0.000000135. The molecule has 0 unspecified atom stereocenters. The van der Waals surface area contributed by atoms with Gasteiger partial charge in [0.25, 0.3) is 0 Å². The van der Waals surface area contributed by atoms with Crippen LogP contribution in [0.5, 0.6) is 0 Å². The number of rotatable bonds is 7. The van der Waals surface area contributed by atoms with Crippen LogP contribution in [0.15, 0.2) is 304 Å². The van der Waals surface area contributed by atoms with Crippen molar-refractivity contribution in [3.8, 4) is 68.0 Å². The van der Waals surface area contributed by atoms with Gasteiger partial charge in [-0.2, -0.15) is 0 Å². The highest BCUT2D eigenvalue weighted by molar-refractivity contribution is 6.20. The average Bonchev–Trinajstić information content (AvgIpc) is 1.62. The third-order valence-corrected chi connectivity index (χ3v) is 18.8. The lowest BCUT2D eigenvalue weighted by Gasteiger charge is -2.22. The van der Waals surface area contributed by atoms with E-state index in [2.05, 4.69) is 324 Å². The summed E-state index contributed by atoms with van der Waals surface area (Å²) in [7, 11) is 0. The van der Waals surface area contributed by atoms with Crippen LogP contribution in [0.4, 0.5) is 0 Å². The maximum atomic E-state index is 5.45. The minimum Gasteiger partial charge on any atom is -0.316 e. The Kier molecular flexibility index (Phi) is 11.8. The van der Waals surface area contributed by atoms with Gasteiger partial charge in [-0.25, -0.2) is 19.9 Å². The first-order chi connectivity index (χ1) is 44.9. The van der Waals surface area contributed by atoms with Gasteiger partial charge >= 0.3 is 0 Å². The molecule has 0 saturated heterocycles. The fraction of sp³-hybridized carbons (Fsp3) is 0.0361. The Morgan fingerprint density at radius 3 is 1.24 bits per heavy atom. The van der Waals surface area contributed by atoms with Crippen molar-refractivity contribution in [2.75, 3.05) is 0 Å². The van der Waals surface area contributed by atoms with E-state index in [0.717, 1.165) is 99.6 Å². The molecule has 6 heterocycles. The predicted molar refractivity (Wildman–Crippen MR) is 375 cm³/mol. The Labute approximate surface area is 524 Å². The normalized spacial score (nSPS) is 12.6. The standard InChI is InChI=1S/C43H30N4.C40H26N4/c1-43(2)35-17-9-6-14-29(35)30-21-20-27(26-36(30)43)40-33-16-7-10-18-37(33)44-42(45-40)47-39-19-11-8-15-31(39)32-22-23-38-34(41(32)47)24-25-46(38)28-12-4-3-5-13-28;1-3-11-27(12-4-1)28-19-21-29(22-20-28)38-33-16-7-9-17-35(33)41-40(42-38)44-37-18-10-8-15-31(37)32-23-24-36-34(39(32)44)25-26-43(36)30-13-5-2-6-14-30/h3-26H,1-2H3;1-26H. The lowest BCUT2D eigenvalue weighted by atomic mass is 9.82. The zero-order valence-electron chi connectivity index (χ0n) is 49.9. The summed E-state index contributed by atoms with van der Waals surface area (Å²) in [6, 6.07) is 103. The highest BCUT2D eigenvalue weighted by Crippen LogP contribution is 2.50. The highest BCUT2D eigenvalue weighted by atomic mass is 15.2. The van der Waals surface area contributed by atoms with Crippen molar-refractivity contribution in [2.24, 2.45) is 0 Å². The summed E-state index contributed by atoms with van der Waals surface area (Å²) in [5.41, 5.74) is 22.5. The smallest absolute Gasteiger partial charge is 0.235 e. The van der Waals surface area contributed by atoms with Gasteiger partial charge in [0.2, 0.25) is 11.9 Å². The zero-order valence-corrected chi connectivity index (χ0v) is 49.9. The quantitative estimate of drug-likeness (QED) is 0.159. The molecule has 0 saturated carbocycles. The molecule has 12 aromatic carbocycles. The minimum atomic E-state index is -0.0993. The molecular formula is C83H56N8. The van der Waals surface area contributed by atoms with Crippen molar-refractivity contribution in [3.63, 3.8) is 0 Å². The van der Waals surface area contributed by atoms with Gasteiger partial charge in [0.15, 0.2) is 0 Å². The van der Waals surface area contributed by atoms with E-state index in [0.29, 0.717) is 11.9 Å². The molecule has 0 bridgehead atoms. The van der Waals surface area contributed by atoms with E-state index in [4.69, 9.17) is 19.9 Å². The van der Waals surface area contributed by atoms with Gasteiger partial charge in [-0.3, -0.25) is 9.13 Å². The van der Waals surface area contributed by atoms with Gasteiger partial charge in [0, 0.05) is 83.4 Å². The molecule has 91 heavy (non-hydrogen) atoms. The summed E-state index contributed by atoms with van der Waals surface area (Å²) < 4.78 is 9.02. The van der Waals surface area contributed by atoms with E-state index < -0.39 is 0 Å². The van der Waals surface area contributed by atoms with Crippen LogP contribution < -0.4 is 0 Å². The number of para-hydroxylation sites is 6. The Morgan fingerprint density at radius 2 is 0.692 bits per heavy atom. The third-order valence-electron chi connectivity index (χ3n) is 18.8. The molecule has 8 nitrogen and oxygen atoms in total. The van der Waals surface area contributed by atoms with Crippen molar-refractivity contribution in [1.29, 1.82) is 0 Å².